The van der Waals surface area contributed by atoms with Crippen molar-refractivity contribution in [2.45, 2.75) is 20.8 Å². The van der Waals surface area contributed by atoms with E-state index in [0.29, 0.717) is 17.3 Å². The maximum Gasteiger partial charge on any atom is 0.255 e. The molecule has 2 aromatic carbocycles. The molecule has 0 spiro atoms. The molecule has 30 heavy (non-hydrogen) atoms. The number of nitrogens with zero attached hydrogens (tertiary/aromatic N) is 3. The van der Waals surface area contributed by atoms with Crippen LogP contribution in [0.1, 0.15) is 30.0 Å². The highest BCUT2D eigenvalue weighted by Gasteiger charge is 2.11. The molecule has 6 nitrogen and oxygen atoms in total. The minimum atomic E-state index is -1.06. The van der Waals surface area contributed by atoms with Crippen LogP contribution in [0.15, 0.2) is 48.5 Å². The fourth-order valence-corrected chi connectivity index (χ4v) is 2.95. The fraction of sp³-hybridized carbons (Fsp3) is 0.227. The molecule has 0 aliphatic rings. The van der Waals surface area contributed by atoms with Crippen molar-refractivity contribution in [3.8, 4) is 0 Å². The Hall–Kier alpha value is -3.55. The summed E-state index contributed by atoms with van der Waals surface area (Å²) < 4.78 is 26.3. The van der Waals surface area contributed by atoms with E-state index in [9.17, 15) is 13.6 Å². The van der Waals surface area contributed by atoms with E-state index in [-0.39, 0.29) is 5.56 Å². The number of carbonyl (C=O) groups is 1. The molecule has 156 valence electrons. The first-order chi connectivity index (χ1) is 14.4. The van der Waals surface area contributed by atoms with Gasteiger partial charge in [-0.3, -0.25) is 4.79 Å². The molecule has 0 radical (unpaired) electrons. The maximum atomic E-state index is 13.3. The zero-order chi connectivity index (χ0) is 21.7. The highest BCUT2D eigenvalue weighted by molar-refractivity contribution is 6.04. The predicted octanol–water partition coefficient (Wildman–Crippen LogP) is 4.91. The molecule has 0 bridgehead atoms. The lowest BCUT2D eigenvalue weighted by molar-refractivity contribution is 0.102. The fourth-order valence-electron chi connectivity index (χ4n) is 2.95. The normalized spacial score (nSPS) is 10.6. The molecular weight excluding hydrogens is 388 g/mol. The maximum absolute atomic E-state index is 13.3. The van der Waals surface area contributed by atoms with Crippen molar-refractivity contribution in [3.05, 3.63) is 71.6 Å². The molecule has 0 atom stereocenters. The van der Waals surface area contributed by atoms with Crippen LogP contribution < -0.4 is 15.5 Å². The highest BCUT2D eigenvalue weighted by Crippen LogP contribution is 2.21. The van der Waals surface area contributed by atoms with Crippen molar-refractivity contribution in [1.82, 2.24) is 9.97 Å². The second-order valence-electron chi connectivity index (χ2n) is 6.62. The molecule has 0 aliphatic heterocycles. The molecule has 1 amide bonds. The second kappa shape index (κ2) is 9.30. The number of benzene rings is 2. The van der Waals surface area contributed by atoms with Crippen molar-refractivity contribution < 1.29 is 13.6 Å². The minimum absolute atomic E-state index is 0.0384. The van der Waals surface area contributed by atoms with Gasteiger partial charge >= 0.3 is 0 Å². The number of hydrogen-bond acceptors (Lipinski definition) is 5. The monoisotopic (exact) mass is 411 g/mol. The van der Waals surface area contributed by atoms with Gasteiger partial charge in [0.15, 0.2) is 11.6 Å². The predicted molar refractivity (Wildman–Crippen MR) is 114 cm³/mol. The average Bonchev–Trinajstić information content (AvgIpc) is 2.72. The van der Waals surface area contributed by atoms with Crippen molar-refractivity contribution in [3.63, 3.8) is 0 Å². The molecule has 1 heterocycles. The minimum Gasteiger partial charge on any atom is -0.357 e. The summed E-state index contributed by atoms with van der Waals surface area (Å²) in [5, 5.41) is 5.89. The summed E-state index contributed by atoms with van der Waals surface area (Å²) >= 11 is 0. The van der Waals surface area contributed by atoms with Crippen LogP contribution in [0, 0.1) is 18.6 Å². The quantitative estimate of drug-likeness (QED) is 0.578. The Kier molecular flexibility index (Phi) is 6.56. The van der Waals surface area contributed by atoms with E-state index >= 15 is 0 Å². The summed E-state index contributed by atoms with van der Waals surface area (Å²) in [7, 11) is 0. The van der Waals surface area contributed by atoms with Gasteiger partial charge in [-0.2, -0.15) is 0 Å². The van der Waals surface area contributed by atoms with Gasteiger partial charge in [0.1, 0.15) is 17.5 Å². The number of hydrogen-bond donors (Lipinski definition) is 2. The first kappa shape index (κ1) is 21.2. The van der Waals surface area contributed by atoms with Crippen molar-refractivity contribution in [2.75, 3.05) is 28.6 Å². The summed E-state index contributed by atoms with van der Waals surface area (Å²) in [5.41, 5.74) is 1.35. The number of carbonyl (C=O) groups excluding carboxylic acids is 1. The number of nitrogens with one attached hydrogen (secondary N) is 2. The number of aromatic nitrogens is 2. The van der Waals surface area contributed by atoms with E-state index in [2.05, 4.69) is 39.3 Å². The van der Waals surface area contributed by atoms with Crippen molar-refractivity contribution in [1.29, 1.82) is 0 Å². The van der Waals surface area contributed by atoms with E-state index in [1.54, 1.807) is 24.3 Å². The van der Waals surface area contributed by atoms with Crippen molar-refractivity contribution in [2.24, 2.45) is 0 Å². The zero-order valence-corrected chi connectivity index (χ0v) is 17.0. The SMILES string of the molecule is CCN(CC)c1cc(Nc2ccc(NC(=O)c3ccc(F)c(F)c3)cc2)nc(C)n1. The summed E-state index contributed by atoms with van der Waals surface area (Å²) in [6.45, 7) is 7.68. The standard InChI is InChI=1S/C22H23F2N5O/c1-4-29(5-2)21-13-20(25-14(3)26-21)27-16-7-9-17(10-8-16)28-22(30)15-6-11-18(23)19(24)12-15/h6-13H,4-5H2,1-3H3,(H,28,30)(H,25,26,27). The van der Waals surface area contributed by atoms with E-state index in [1.165, 1.54) is 6.07 Å². The number of halogens is 2. The Morgan fingerprint density at radius 2 is 1.60 bits per heavy atom. The van der Waals surface area contributed by atoms with Gasteiger partial charge in [-0.15, -0.1) is 0 Å². The van der Waals surface area contributed by atoms with Crippen LogP contribution in [-0.4, -0.2) is 29.0 Å². The van der Waals surface area contributed by atoms with Crippen LogP contribution in [0.25, 0.3) is 0 Å². The zero-order valence-electron chi connectivity index (χ0n) is 17.0. The van der Waals surface area contributed by atoms with Crippen molar-refractivity contribution >= 4 is 28.9 Å². The summed E-state index contributed by atoms with van der Waals surface area (Å²) in [4.78, 5) is 23.3. The molecule has 3 aromatic rings. The Balaban J connectivity index is 1.70. The first-order valence-electron chi connectivity index (χ1n) is 9.63. The molecular formula is C22H23F2N5O. The van der Waals surface area contributed by atoms with Gasteiger partial charge in [0.05, 0.1) is 0 Å². The van der Waals surface area contributed by atoms with Gasteiger partial charge in [0.25, 0.3) is 5.91 Å². The van der Waals surface area contributed by atoms with Gasteiger partial charge in [-0.25, -0.2) is 18.7 Å². The number of aryl methyl sites for hydroxylation is 1. The van der Waals surface area contributed by atoms with E-state index < -0.39 is 17.5 Å². The Bertz CT molecular complexity index is 1040. The number of rotatable bonds is 7. The third-order valence-electron chi connectivity index (χ3n) is 4.51. The molecule has 3 rings (SSSR count). The first-order valence-corrected chi connectivity index (χ1v) is 9.63. The smallest absolute Gasteiger partial charge is 0.255 e. The highest BCUT2D eigenvalue weighted by atomic mass is 19.2. The lowest BCUT2D eigenvalue weighted by atomic mass is 10.2. The third kappa shape index (κ3) is 5.08. The van der Waals surface area contributed by atoms with Gasteiger partial charge < -0.3 is 15.5 Å². The van der Waals surface area contributed by atoms with E-state index in [4.69, 9.17) is 0 Å². The lowest BCUT2D eigenvalue weighted by Gasteiger charge is -2.20. The Labute approximate surface area is 174 Å². The second-order valence-corrected chi connectivity index (χ2v) is 6.62. The molecule has 2 N–H and O–H groups in total. The van der Waals surface area contributed by atoms with Gasteiger partial charge in [0, 0.05) is 36.1 Å². The van der Waals surface area contributed by atoms with Crippen LogP contribution in [0.3, 0.4) is 0 Å². The van der Waals surface area contributed by atoms with Gasteiger partial charge in [0.2, 0.25) is 0 Å². The molecule has 0 unspecified atom stereocenters. The molecule has 0 saturated carbocycles. The van der Waals surface area contributed by atoms with Crippen LogP contribution in [0.5, 0.6) is 0 Å². The van der Waals surface area contributed by atoms with Gasteiger partial charge in [-0.05, 0) is 63.2 Å². The summed E-state index contributed by atoms with van der Waals surface area (Å²) in [5.74, 6) is -0.395. The molecule has 1 aromatic heterocycles. The Morgan fingerprint density at radius 1 is 0.933 bits per heavy atom. The average molecular weight is 411 g/mol. The van der Waals surface area contributed by atoms with E-state index in [1.807, 2.05) is 13.0 Å². The largest absolute Gasteiger partial charge is 0.357 e. The molecule has 0 aliphatic carbocycles. The molecule has 0 saturated heterocycles. The summed E-state index contributed by atoms with van der Waals surface area (Å²) in [6, 6.07) is 11.9. The summed E-state index contributed by atoms with van der Waals surface area (Å²) in [6.07, 6.45) is 0. The van der Waals surface area contributed by atoms with Crippen LogP contribution in [0.4, 0.5) is 31.8 Å². The lowest BCUT2D eigenvalue weighted by Crippen LogP contribution is -2.23. The number of anilines is 4. The molecule has 0 fully saturated rings. The van der Waals surface area contributed by atoms with Gasteiger partial charge in [-0.1, -0.05) is 0 Å². The Morgan fingerprint density at radius 3 is 2.23 bits per heavy atom. The van der Waals surface area contributed by atoms with Crippen LogP contribution in [-0.2, 0) is 0 Å². The molecule has 8 heteroatoms. The topological polar surface area (TPSA) is 70.2 Å². The third-order valence-corrected chi connectivity index (χ3v) is 4.51. The van der Waals surface area contributed by atoms with Crippen LogP contribution >= 0.6 is 0 Å². The van der Waals surface area contributed by atoms with E-state index in [0.717, 1.165) is 36.7 Å². The number of amides is 1. The van der Waals surface area contributed by atoms with Crippen LogP contribution in [0.2, 0.25) is 0 Å².